The number of nitrogens with zero attached hydrogens (tertiary/aromatic N) is 1. The first-order chi connectivity index (χ1) is 9.69. The molecule has 1 aromatic carbocycles. The molecule has 1 aromatic heterocycles. The van der Waals surface area contributed by atoms with E-state index in [9.17, 15) is 4.79 Å². The van der Waals surface area contributed by atoms with E-state index in [0.29, 0.717) is 19.6 Å². The molecule has 0 aliphatic rings. The van der Waals surface area contributed by atoms with Crippen molar-refractivity contribution in [3.05, 3.63) is 51.5 Å². The molecule has 2 rings (SSSR count). The molecule has 0 aliphatic carbocycles. The Kier molecular flexibility index (Phi) is 5.26. The number of aromatic nitrogens is 1. The average molecular weight is 290 g/mol. The molecule has 0 saturated heterocycles. The second-order valence-corrected chi connectivity index (χ2v) is 5.49. The van der Waals surface area contributed by atoms with Crippen LogP contribution in [0.15, 0.2) is 29.6 Å². The Hall–Kier alpha value is -1.72. The molecule has 0 unspecified atom stereocenters. The van der Waals surface area contributed by atoms with Crippen LogP contribution in [0, 0.1) is 6.92 Å². The Labute approximate surface area is 122 Å². The molecule has 106 valence electrons. The number of amides is 1. The molecule has 1 heterocycles. The van der Waals surface area contributed by atoms with Gasteiger partial charge in [-0.2, -0.15) is 0 Å². The number of nitrogens with one attached hydrogen (secondary N) is 1. The summed E-state index contributed by atoms with van der Waals surface area (Å²) in [4.78, 5) is 16.2. The monoisotopic (exact) mass is 290 g/mol. The number of methoxy groups -OCH3 is 1. The van der Waals surface area contributed by atoms with E-state index >= 15 is 0 Å². The van der Waals surface area contributed by atoms with Gasteiger partial charge >= 0.3 is 0 Å². The SMILES string of the molecule is COCc1nc(CC(=O)NCc2ccccc2C)cs1. The topological polar surface area (TPSA) is 51.2 Å². The van der Waals surface area contributed by atoms with E-state index in [-0.39, 0.29) is 5.91 Å². The van der Waals surface area contributed by atoms with Crippen molar-refractivity contribution in [2.75, 3.05) is 7.11 Å². The summed E-state index contributed by atoms with van der Waals surface area (Å²) in [7, 11) is 1.63. The normalized spacial score (nSPS) is 10.5. The van der Waals surface area contributed by atoms with Gasteiger partial charge in [0.1, 0.15) is 5.01 Å². The molecular formula is C15H18N2O2S. The van der Waals surface area contributed by atoms with Crippen molar-refractivity contribution in [2.24, 2.45) is 0 Å². The van der Waals surface area contributed by atoms with Gasteiger partial charge in [0.2, 0.25) is 5.91 Å². The summed E-state index contributed by atoms with van der Waals surface area (Å²) in [6.45, 7) is 3.09. The van der Waals surface area contributed by atoms with Gasteiger partial charge in [-0.05, 0) is 18.1 Å². The molecule has 0 radical (unpaired) electrons. The minimum absolute atomic E-state index is 0.0116. The number of benzene rings is 1. The molecule has 0 bridgehead atoms. The van der Waals surface area contributed by atoms with Crippen molar-refractivity contribution < 1.29 is 9.53 Å². The molecular weight excluding hydrogens is 272 g/mol. The maximum absolute atomic E-state index is 11.9. The first-order valence-electron chi connectivity index (χ1n) is 6.42. The van der Waals surface area contributed by atoms with Crippen molar-refractivity contribution in [2.45, 2.75) is 26.5 Å². The molecule has 1 amide bonds. The first kappa shape index (κ1) is 14.7. The van der Waals surface area contributed by atoms with E-state index in [1.807, 2.05) is 36.6 Å². The van der Waals surface area contributed by atoms with Crippen molar-refractivity contribution in [3.8, 4) is 0 Å². The van der Waals surface area contributed by atoms with Crippen LogP contribution in [-0.4, -0.2) is 18.0 Å². The van der Waals surface area contributed by atoms with Crippen LogP contribution < -0.4 is 5.32 Å². The summed E-state index contributed by atoms with van der Waals surface area (Å²) in [5.74, 6) is -0.0116. The fraction of sp³-hybridized carbons (Fsp3) is 0.333. The number of rotatable bonds is 6. The van der Waals surface area contributed by atoms with E-state index in [2.05, 4.69) is 10.3 Å². The Morgan fingerprint density at radius 2 is 2.20 bits per heavy atom. The van der Waals surface area contributed by atoms with Gasteiger partial charge in [-0.1, -0.05) is 24.3 Å². The highest BCUT2D eigenvalue weighted by Crippen LogP contribution is 2.11. The van der Waals surface area contributed by atoms with Gasteiger partial charge in [0.25, 0.3) is 0 Å². The summed E-state index contributed by atoms with van der Waals surface area (Å²) in [5, 5.41) is 5.73. The molecule has 2 aromatic rings. The highest BCUT2D eigenvalue weighted by atomic mass is 32.1. The predicted octanol–water partition coefficient (Wildman–Crippen LogP) is 2.46. The number of carbonyl (C=O) groups is 1. The van der Waals surface area contributed by atoms with Crippen LogP contribution in [0.2, 0.25) is 0 Å². The smallest absolute Gasteiger partial charge is 0.226 e. The third-order valence-electron chi connectivity index (χ3n) is 2.95. The van der Waals surface area contributed by atoms with Gasteiger partial charge in [0.15, 0.2) is 0 Å². The van der Waals surface area contributed by atoms with E-state index in [0.717, 1.165) is 16.3 Å². The maximum Gasteiger partial charge on any atom is 0.226 e. The van der Waals surface area contributed by atoms with Gasteiger partial charge in [-0.15, -0.1) is 11.3 Å². The van der Waals surface area contributed by atoms with E-state index < -0.39 is 0 Å². The summed E-state index contributed by atoms with van der Waals surface area (Å²) >= 11 is 1.52. The lowest BCUT2D eigenvalue weighted by molar-refractivity contribution is -0.120. The van der Waals surface area contributed by atoms with E-state index in [1.165, 1.54) is 16.9 Å². The largest absolute Gasteiger partial charge is 0.378 e. The zero-order valence-electron chi connectivity index (χ0n) is 11.7. The third-order valence-corrected chi connectivity index (χ3v) is 3.82. The van der Waals surface area contributed by atoms with Gasteiger partial charge < -0.3 is 10.1 Å². The lowest BCUT2D eigenvalue weighted by Crippen LogP contribution is -2.25. The first-order valence-corrected chi connectivity index (χ1v) is 7.30. The Morgan fingerprint density at radius 1 is 1.40 bits per heavy atom. The minimum Gasteiger partial charge on any atom is -0.378 e. The molecule has 5 heteroatoms. The molecule has 0 fully saturated rings. The van der Waals surface area contributed by atoms with Crippen LogP contribution in [0.1, 0.15) is 21.8 Å². The summed E-state index contributed by atoms with van der Waals surface area (Å²) in [6.07, 6.45) is 0.312. The van der Waals surface area contributed by atoms with Crippen LogP contribution in [-0.2, 0) is 29.1 Å². The second kappa shape index (κ2) is 7.17. The molecule has 20 heavy (non-hydrogen) atoms. The number of carbonyl (C=O) groups excluding carboxylic acids is 1. The molecule has 0 spiro atoms. The number of aryl methyl sites for hydroxylation is 1. The highest BCUT2D eigenvalue weighted by Gasteiger charge is 2.08. The van der Waals surface area contributed by atoms with Crippen LogP contribution >= 0.6 is 11.3 Å². The summed E-state index contributed by atoms with van der Waals surface area (Å²) in [5.41, 5.74) is 3.12. The standard InChI is InChI=1S/C15H18N2O2S/c1-11-5-3-4-6-12(11)8-16-14(18)7-13-10-20-15(17-13)9-19-2/h3-6,10H,7-9H2,1-2H3,(H,16,18). The van der Waals surface area contributed by atoms with Crippen LogP contribution in [0.3, 0.4) is 0 Å². The van der Waals surface area contributed by atoms with Gasteiger partial charge in [-0.3, -0.25) is 4.79 Å². The van der Waals surface area contributed by atoms with Crippen molar-refractivity contribution >= 4 is 17.2 Å². The Bertz CT molecular complexity index is 581. The predicted molar refractivity (Wildman–Crippen MR) is 79.6 cm³/mol. The molecule has 0 aliphatic heterocycles. The summed E-state index contributed by atoms with van der Waals surface area (Å²) < 4.78 is 5.01. The third kappa shape index (κ3) is 4.15. The second-order valence-electron chi connectivity index (χ2n) is 4.55. The molecule has 1 N–H and O–H groups in total. The lowest BCUT2D eigenvalue weighted by Gasteiger charge is -2.07. The number of thiazole rings is 1. The number of ether oxygens (including phenoxy) is 1. The lowest BCUT2D eigenvalue weighted by atomic mass is 10.1. The van der Waals surface area contributed by atoms with Crippen LogP contribution in [0.4, 0.5) is 0 Å². The zero-order valence-corrected chi connectivity index (χ0v) is 12.5. The fourth-order valence-corrected chi connectivity index (χ4v) is 2.61. The van der Waals surface area contributed by atoms with Crippen molar-refractivity contribution in [1.82, 2.24) is 10.3 Å². The van der Waals surface area contributed by atoms with E-state index in [4.69, 9.17) is 4.74 Å². The Balaban J connectivity index is 1.84. The molecule has 4 nitrogen and oxygen atoms in total. The number of hydrogen-bond donors (Lipinski definition) is 1. The number of hydrogen-bond acceptors (Lipinski definition) is 4. The van der Waals surface area contributed by atoms with Crippen LogP contribution in [0.5, 0.6) is 0 Å². The Morgan fingerprint density at radius 3 is 2.95 bits per heavy atom. The van der Waals surface area contributed by atoms with Crippen LogP contribution in [0.25, 0.3) is 0 Å². The fourth-order valence-electron chi connectivity index (χ4n) is 1.85. The van der Waals surface area contributed by atoms with Gasteiger partial charge in [0, 0.05) is 19.0 Å². The molecule has 0 saturated carbocycles. The zero-order chi connectivity index (χ0) is 14.4. The maximum atomic E-state index is 11.9. The van der Waals surface area contributed by atoms with Gasteiger partial charge in [0.05, 0.1) is 18.7 Å². The van der Waals surface area contributed by atoms with Crippen molar-refractivity contribution in [1.29, 1.82) is 0 Å². The molecule has 0 atom stereocenters. The quantitative estimate of drug-likeness (QED) is 0.889. The average Bonchev–Trinajstić information content (AvgIpc) is 2.85. The van der Waals surface area contributed by atoms with Crippen molar-refractivity contribution in [3.63, 3.8) is 0 Å². The van der Waals surface area contributed by atoms with E-state index in [1.54, 1.807) is 7.11 Å². The summed E-state index contributed by atoms with van der Waals surface area (Å²) in [6, 6.07) is 8.04. The van der Waals surface area contributed by atoms with Gasteiger partial charge in [-0.25, -0.2) is 4.98 Å². The highest BCUT2D eigenvalue weighted by molar-refractivity contribution is 7.09. The minimum atomic E-state index is -0.0116.